The van der Waals surface area contributed by atoms with E-state index < -0.39 is 0 Å². The molecule has 0 N–H and O–H groups in total. The predicted molar refractivity (Wildman–Crippen MR) is 41.9 cm³/mol. The molecule has 0 bridgehead atoms. The van der Waals surface area contributed by atoms with Crippen LogP contribution in [-0.2, 0) is 0 Å². The molecule has 7 heavy (non-hydrogen) atoms. The fourth-order valence-corrected chi connectivity index (χ4v) is 0. The monoisotopic (exact) mass is 171 g/mol. The first-order valence-electron chi connectivity index (χ1n) is 1.91. The molecule has 0 aromatic rings. The van der Waals surface area contributed by atoms with E-state index in [1.54, 1.807) is 0 Å². The van der Waals surface area contributed by atoms with Gasteiger partial charge in [0.25, 0.3) is 0 Å². The van der Waals surface area contributed by atoms with Crippen molar-refractivity contribution in [2.24, 2.45) is 0 Å². The average Bonchev–Trinajstić information content (AvgIpc) is 1.78. The molecule has 0 aromatic carbocycles. The van der Waals surface area contributed by atoms with E-state index >= 15 is 0 Å². The van der Waals surface area contributed by atoms with Crippen LogP contribution in [0.2, 0.25) is 0 Å². The van der Waals surface area contributed by atoms with Gasteiger partial charge in [0.05, 0.1) is 0 Å². The van der Waals surface area contributed by atoms with Gasteiger partial charge in [-0.1, -0.05) is 13.8 Å². The van der Waals surface area contributed by atoms with Crippen LogP contribution < -0.4 is 0 Å². The van der Waals surface area contributed by atoms with Crippen molar-refractivity contribution in [1.29, 1.82) is 0 Å². The molecule has 35 valence electrons. The van der Waals surface area contributed by atoms with E-state index in [0.717, 1.165) is 0 Å². The topological polar surface area (TPSA) is 0 Å². The van der Waals surface area contributed by atoms with Gasteiger partial charge in [-0.25, -0.2) is 0 Å². The summed E-state index contributed by atoms with van der Waals surface area (Å²) in [6.07, 6.45) is 2.00. The molecule has 0 saturated carbocycles. The molecule has 0 fully saturated rings. The van der Waals surface area contributed by atoms with Gasteiger partial charge in [0.2, 0.25) is 0 Å². The van der Waals surface area contributed by atoms with E-state index in [1.165, 1.54) is 16.7 Å². The SMILES string of the molecule is C[CH]C.[Li][Br].[Li][Cl]. The van der Waals surface area contributed by atoms with E-state index in [9.17, 15) is 0 Å². The second-order valence-electron chi connectivity index (χ2n) is 0.577. The molecule has 0 aromatic heterocycles. The van der Waals surface area contributed by atoms with E-state index in [1.807, 2.05) is 36.1 Å². The Balaban J connectivity index is -0.0000000360. The fraction of sp³-hybridized carbons (Fsp3) is 0.667. The summed E-state index contributed by atoms with van der Waals surface area (Å²) < 4.78 is 0. The first-order chi connectivity index (χ1) is 3.41. The van der Waals surface area contributed by atoms with E-state index in [2.05, 4.69) is 23.5 Å². The molecule has 0 nitrogen and oxygen atoms in total. The van der Waals surface area contributed by atoms with Gasteiger partial charge < -0.3 is 0 Å². The Morgan fingerprint density at radius 2 is 1.29 bits per heavy atom. The molecule has 0 aliphatic rings. The molecule has 0 spiro atoms. The van der Waals surface area contributed by atoms with Crippen molar-refractivity contribution in [2.45, 2.75) is 13.8 Å². The Morgan fingerprint density at radius 3 is 1.29 bits per heavy atom. The van der Waals surface area contributed by atoms with E-state index in [0.29, 0.717) is 0 Å². The van der Waals surface area contributed by atoms with Crippen molar-refractivity contribution in [2.75, 3.05) is 0 Å². The molecular weight excluding hydrogens is 165 g/mol. The van der Waals surface area contributed by atoms with Crippen LogP contribution in [0.5, 0.6) is 0 Å². The first kappa shape index (κ1) is 16.0. The standard InChI is InChI=1S/C3H7.BrH.ClH.2Li/c1-3-2;;;;/h3H,1-2H3;2*1H;;/q;;;2*+1/p-2. The molecule has 1 radical (unpaired) electrons. The third kappa shape index (κ3) is 73.4. The van der Waals surface area contributed by atoms with Crippen molar-refractivity contribution >= 4 is 56.1 Å². The van der Waals surface area contributed by atoms with Crippen LogP contribution >= 0.6 is 23.5 Å². The third-order valence-corrected chi connectivity index (χ3v) is 0. The van der Waals surface area contributed by atoms with E-state index in [4.69, 9.17) is 0 Å². The summed E-state index contributed by atoms with van der Waals surface area (Å²) >= 11 is 6.22. The van der Waals surface area contributed by atoms with Crippen LogP contribution in [0, 0.1) is 6.42 Å². The first-order valence-corrected chi connectivity index (χ1v) is 4.25. The Morgan fingerprint density at radius 1 is 1.29 bits per heavy atom. The summed E-state index contributed by atoms with van der Waals surface area (Å²) in [5, 5.41) is 0. The third-order valence-electron chi connectivity index (χ3n) is 0. The molecule has 0 rings (SSSR count). The number of rotatable bonds is 0. The van der Waals surface area contributed by atoms with Crippen molar-refractivity contribution < 1.29 is 0 Å². The minimum absolute atomic E-state index is 1.47. The number of halogens is 2. The quantitative estimate of drug-likeness (QED) is 0.490. The summed E-state index contributed by atoms with van der Waals surface area (Å²) in [5.41, 5.74) is 0. The van der Waals surface area contributed by atoms with Crippen LogP contribution in [0.3, 0.4) is 0 Å². The van der Waals surface area contributed by atoms with E-state index in [-0.39, 0.29) is 0 Å². The fourth-order valence-electron chi connectivity index (χ4n) is 0. The van der Waals surface area contributed by atoms with Gasteiger partial charge in [-0.3, -0.25) is 0 Å². The number of hydrogen-bond donors (Lipinski definition) is 0. The molecule has 0 atom stereocenters. The average molecular weight is 172 g/mol. The molecule has 0 heterocycles. The Kier molecular flexibility index (Phi) is 100. The molecular formula is C3H7BrClLi2. The maximum atomic E-state index is 4.64. The van der Waals surface area contributed by atoms with Gasteiger partial charge in [0, 0.05) is 0 Å². The second kappa shape index (κ2) is 44.0. The van der Waals surface area contributed by atoms with Gasteiger partial charge in [0.15, 0.2) is 0 Å². The normalized spacial score (nSPS) is 4.57. The molecule has 0 aliphatic heterocycles. The summed E-state index contributed by atoms with van der Waals surface area (Å²) in [4.78, 5) is 0. The van der Waals surface area contributed by atoms with Crippen LogP contribution in [0.1, 0.15) is 13.8 Å². The van der Waals surface area contributed by atoms with Gasteiger partial charge in [-0.05, 0) is 6.42 Å². The zero-order chi connectivity index (χ0) is 6.71. The Labute approximate surface area is 75.7 Å². The van der Waals surface area contributed by atoms with Crippen molar-refractivity contribution in [1.82, 2.24) is 0 Å². The summed E-state index contributed by atoms with van der Waals surface area (Å²) in [7, 11) is 4.64. The Bertz CT molecular complexity index is 12.9. The second-order valence-corrected chi connectivity index (χ2v) is 0.577. The van der Waals surface area contributed by atoms with Crippen molar-refractivity contribution in [3.8, 4) is 0 Å². The van der Waals surface area contributed by atoms with Gasteiger partial charge >= 0.3 is 56.1 Å². The van der Waals surface area contributed by atoms with Crippen molar-refractivity contribution in [3.63, 3.8) is 0 Å². The van der Waals surface area contributed by atoms with Crippen LogP contribution in [0.25, 0.3) is 0 Å². The molecule has 0 saturated heterocycles. The minimum atomic E-state index is 1.47. The van der Waals surface area contributed by atoms with Crippen LogP contribution in [0.4, 0.5) is 0 Å². The molecule has 0 unspecified atom stereocenters. The summed E-state index contributed by atoms with van der Waals surface area (Å²) in [5.74, 6) is 0. The van der Waals surface area contributed by atoms with Gasteiger partial charge in [-0.15, -0.1) is 0 Å². The van der Waals surface area contributed by atoms with Gasteiger partial charge in [0.1, 0.15) is 0 Å². The predicted octanol–water partition coefficient (Wildman–Crippen LogP) is 2.00. The number of hydrogen-bond acceptors (Lipinski definition) is 0. The van der Waals surface area contributed by atoms with Crippen LogP contribution in [0.15, 0.2) is 0 Å². The zero-order valence-electron chi connectivity index (χ0n) is 5.33. The summed E-state index contributed by atoms with van der Waals surface area (Å²) in [6.45, 7) is 4.00. The summed E-state index contributed by atoms with van der Waals surface area (Å²) in [6, 6.07) is 0. The zero-order valence-corrected chi connectivity index (χ0v) is 7.68. The molecule has 4 heteroatoms. The molecule has 0 amide bonds. The van der Waals surface area contributed by atoms with Crippen LogP contribution in [-0.4, -0.2) is 32.5 Å². The van der Waals surface area contributed by atoms with Crippen molar-refractivity contribution in [3.05, 3.63) is 6.42 Å². The van der Waals surface area contributed by atoms with Gasteiger partial charge in [-0.2, -0.15) is 0 Å². The molecule has 0 aliphatic carbocycles. The Hall–Kier alpha value is 1.96. The maximum absolute atomic E-state index is 4.64.